The molecule has 2 atom stereocenters. The quantitative estimate of drug-likeness (QED) is 0.891. The Morgan fingerprint density at radius 2 is 2.22 bits per heavy atom. The summed E-state index contributed by atoms with van der Waals surface area (Å²) in [5.41, 5.74) is 2.22. The molecule has 4 nitrogen and oxygen atoms in total. The number of hydrogen-bond donors (Lipinski definition) is 1. The molecular weight excluding hydrogens is 232 g/mol. The molecule has 1 heterocycles. The van der Waals surface area contributed by atoms with Crippen LogP contribution in [-0.4, -0.2) is 29.9 Å². The van der Waals surface area contributed by atoms with Crippen LogP contribution in [0, 0.1) is 13.8 Å². The number of aryl methyl sites for hydroxylation is 2. The van der Waals surface area contributed by atoms with Gasteiger partial charge in [-0.3, -0.25) is 0 Å². The molecule has 98 valence electrons. The van der Waals surface area contributed by atoms with Gasteiger partial charge in [0.05, 0.1) is 6.10 Å². The molecule has 0 aliphatic carbocycles. The summed E-state index contributed by atoms with van der Waals surface area (Å²) in [4.78, 5) is 10.8. The van der Waals surface area contributed by atoms with Crippen LogP contribution in [0.15, 0.2) is 18.2 Å². The molecule has 0 bridgehead atoms. The van der Waals surface area contributed by atoms with Crippen molar-refractivity contribution < 1.29 is 19.4 Å². The highest BCUT2D eigenvalue weighted by Gasteiger charge is 2.30. The second-order valence-electron chi connectivity index (χ2n) is 4.74. The zero-order chi connectivity index (χ0) is 13.1. The van der Waals surface area contributed by atoms with E-state index in [-0.39, 0.29) is 6.10 Å². The van der Waals surface area contributed by atoms with E-state index in [0.29, 0.717) is 13.0 Å². The normalized spacial score (nSPS) is 23.0. The molecule has 1 aromatic carbocycles. The number of benzene rings is 1. The third-order valence-electron chi connectivity index (χ3n) is 3.15. The third kappa shape index (κ3) is 3.01. The van der Waals surface area contributed by atoms with Crippen molar-refractivity contribution in [1.82, 2.24) is 0 Å². The number of carboxylic acid groups (broad SMARTS) is 1. The summed E-state index contributed by atoms with van der Waals surface area (Å²) in [6.45, 7) is 4.41. The lowest BCUT2D eigenvalue weighted by Gasteiger charge is -2.14. The van der Waals surface area contributed by atoms with Crippen LogP contribution < -0.4 is 4.74 Å². The Morgan fingerprint density at radius 1 is 1.44 bits per heavy atom. The second kappa shape index (κ2) is 5.40. The lowest BCUT2D eigenvalue weighted by molar-refractivity contribution is -0.149. The number of carbonyl (C=O) groups is 1. The van der Waals surface area contributed by atoms with Gasteiger partial charge in [-0.1, -0.05) is 12.1 Å². The number of carboxylic acids is 1. The highest BCUT2D eigenvalue weighted by atomic mass is 16.6. The molecule has 0 spiro atoms. The molecule has 2 rings (SSSR count). The minimum absolute atomic E-state index is 0.119. The van der Waals surface area contributed by atoms with Crippen molar-refractivity contribution in [2.45, 2.75) is 38.9 Å². The van der Waals surface area contributed by atoms with Crippen molar-refractivity contribution in [2.75, 3.05) is 6.61 Å². The molecule has 4 heteroatoms. The minimum Gasteiger partial charge on any atom is -0.491 e. The monoisotopic (exact) mass is 250 g/mol. The highest BCUT2D eigenvalue weighted by Crippen LogP contribution is 2.23. The van der Waals surface area contributed by atoms with Gasteiger partial charge in [-0.2, -0.15) is 0 Å². The van der Waals surface area contributed by atoms with Crippen LogP contribution >= 0.6 is 0 Å². The fourth-order valence-electron chi connectivity index (χ4n) is 2.06. The van der Waals surface area contributed by atoms with E-state index in [1.165, 1.54) is 0 Å². The summed E-state index contributed by atoms with van der Waals surface area (Å²) in [6.07, 6.45) is 0.515. The molecule has 0 saturated carbocycles. The maximum absolute atomic E-state index is 10.8. The molecule has 1 aliphatic rings. The van der Waals surface area contributed by atoms with E-state index in [9.17, 15) is 4.79 Å². The van der Waals surface area contributed by atoms with Crippen molar-refractivity contribution in [3.8, 4) is 5.75 Å². The number of rotatable bonds is 4. The van der Waals surface area contributed by atoms with Crippen molar-refractivity contribution >= 4 is 5.97 Å². The van der Waals surface area contributed by atoms with Gasteiger partial charge in [0.2, 0.25) is 0 Å². The minimum atomic E-state index is -0.885. The van der Waals surface area contributed by atoms with E-state index in [1.807, 2.05) is 32.0 Å². The topological polar surface area (TPSA) is 55.8 Å². The smallest absolute Gasteiger partial charge is 0.332 e. The first-order chi connectivity index (χ1) is 8.56. The van der Waals surface area contributed by atoms with Crippen LogP contribution in [0.2, 0.25) is 0 Å². The first kappa shape index (κ1) is 12.9. The van der Waals surface area contributed by atoms with Gasteiger partial charge in [0, 0.05) is 0 Å². The van der Waals surface area contributed by atoms with Crippen LogP contribution in [0.1, 0.15) is 24.0 Å². The molecule has 18 heavy (non-hydrogen) atoms. The predicted molar refractivity (Wildman–Crippen MR) is 66.9 cm³/mol. The Bertz CT molecular complexity index is 441. The fourth-order valence-corrected chi connectivity index (χ4v) is 2.06. The number of hydrogen-bond acceptors (Lipinski definition) is 3. The maximum Gasteiger partial charge on any atom is 0.332 e. The van der Waals surface area contributed by atoms with Crippen LogP contribution in [0.4, 0.5) is 0 Å². The van der Waals surface area contributed by atoms with Crippen molar-refractivity contribution in [2.24, 2.45) is 0 Å². The first-order valence-corrected chi connectivity index (χ1v) is 6.14. The van der Waals surface area contributed by atoms with Gasteiger partial charge in [-0.25, -0.2) is 4.79 Å². The Labute approximate surface area is 107 Å². The summed E-state index contributed by atoms with van der Waals surface area (Å²) in [5.74, 6) is -0.0402. The summed E-state index contributed by atoms with van der Waals surface area (Å²) in [5, 5.41) is 8.83. The summed E-state index contributed by atoms with van der Waals surface area (Å²) < 4.78 is 11.1. The molecule has 1 fully saturated rings. The zero-order valence-electron chi connectivity index (χ0n) is 10.7. The number of ether oxygens (including phenoxy) is 2. The molecule has 0 aromatic heterocycles. The molecule has 2 unspecified atom stereocenters. The fraction of sp³-hybridized carbons (Fsp3) is 0.500. The van der Waals surface area contributed by atoms with Gasteiger partial charge >= 0.3 is 5.97 Å². The van der Waals surface area contributed by atoms with E-state index < -0.39 is 12.1 Å². The standard InChI is InChI=1S/C14H18O4/c1-9-3-4-10(2)13(7-9)17-8-11-5-6-12(18-11)14(15)16/h3-4,7,11-12H,5-6,8H2,1-2H3,(H,15,16). The lowest BCUT2D eigenvalue weighted by atomic mass is 10.1. The Balaban J connectivity index is 1.89. The summed E-state index contributed by atoms with van der Waals surface area (Å²) in [7, 11) is 0. The Hall–Kier alpha value is -1.55. The maximum atomic E-state index is 10.8. The lowest BCUT2D eigenvalue weighted by Crippen LogP contribution is -2.23. The molecule has 1 N–H and O–H groups in total. The molecule has 1 saturated heterocycles. The highest BCUT2D eigenvalue weighted by molar-refractivity contribution is 5.72. The molecule has 0 radical (unpaired) electrons. The summed E-state index contributed by atoms with van der Waals surface area (Å²) >= 11 is 0. The third-order valence-corrected chi connectivity index (χ3v) is 3.15. The van der Waals surface area contributed by atoms with Crippen molar-refractivity contribution in [3.05, 3.63) is 29.3 Å². The second-order valence-corrected chi connectivity index (χ2v) is 4.74. The van der Waals surface area contributed by atoms with Crippen molar-refractivity contribution in [3.63, 3.8) is 0 Å². The van der Waals surface area contributed by atoms with Crippen LogP contribution in [0.3, 0.4) is 0 Å². The van der Waals surface area contributed by atoms with Gasteiger partial charge in [-0.05, 0) is 43.9 Å². The predicted octanol–water partition coefficient (Wildman–Crippen LogP) is 2.31. The first-order valence-electron chi connectivity index (χ1n) is 6.14. The zero-order valence-corrected chi connectivity index (χ0v) is 10.7. The van der Waals surface area contributed by atoms with Gasteiger partial charge in [-0.15, -0.1) is 0 Å². The van der Waals surface area contributed by atoms with Gasteiger partial charge in [0.15, 0.2) is 6.10 Å². The molecule has 1 aliphatic heterocycles. The van der Waals surface area contributed by atoms with Crippen LogP contribution in [0.25, 0.3) is 0 Å². The van der Waals surface area contributed by atoms with Crippen LogP contribution in [0.5, 0.6) is 5.75 Å². The van der Waals surface area contributed by atoms with Gasteiger partial charge in [0.25, 0.3) is 0 Å². The van der Waals surface area contributed by atoms with E-state index in [4.69, 9.17) is 14.6 Å². The largest absolute Gasteiger partial charge is 0.491 e. The van der Waals surface area contributed by atoms with Crippen LogP contribution in [-0.2, 0) is 9.53 Å². The van der Waals surface area contributed by atoms with E-state index in [2.05, 4.69) is 0 Å². The average Bonchev–Trinajstić information content (AvgIpc) is 2.79. The molecular formula is C14H18O4. The number of aliphatic carboxylic acids is 1. The average molecular weight is 250 g/mol. The SMILES string of the molecule is Cc1ccc(C)c(OCC2CCC(C(=O)O)O2)c1. The van der Waals surface area contributed by atoms with Crippen molar-refractivity contribution in [1.29, 1.82) is 0 Å². The van der Waals surface area contributed by atoms with Gasteiger partial charge < -0.3 is 14.6 Å². The van der Waals surface area contributed by atoms with E-state index >= 15 is 0 Å². The Morgan fingerprint density at radius 3 is 2.89 bits per heavy atom. The molecule has 1 aromatic rings. The van der Waals surface area contributed by atoms with Gasteiger partial charge in [0.1, 0.15) is 12.4 Å². The van der Waals surface area contributed by atoms with E-state index in [0.717, 1.165) is 23.3 Å². The van der Waals surface area contributed by atoms with E-state index in [1.54, 1.807) is 0 Å². The summed E-state index contributed by atoms with van der Waals surface area (Å²) in [6, 6.07) is 6.04. The molecule has 0 amide bonds. The Kier molecular flexibility index (Phi) is 3.87.